The van der Waals surface area contributed by atoms with Crippen molar-refractivity contribution in [1.29, 1.82) is 0 Å². The van der Waals surface area contributed by atoms with E-state index in [1.165, 1.54) is 17.7 Å². The van der Waals surface area contributed by atoms with Gasteiger partial charge in [0.2, 0.25) is 0 Å². The van der Waals surface area contributed by atoms with E-state index in [1.807, 2.05) is 6.08 Å². The van der Waals surface area contributed by atoms with Crippen LogP contribution in [-0.4, -0.2) is 42.3 Å². The molecular weight excluding hydrogens is 234 g/mol. The molecule has 104 valence electrons. The monoisotopic (exact) mass is 257 g/mol. The van der Waals surface area contributed by atoms with E-state index in [-0.39, 0.29) is 12.2 Å². The molecule has 18 heavy (non-hydrogen) atoms. The van der Waals surface area contributed by atoms with Gasteiger partial charge in [-0.3, -0.25) is 4.79 Å². The number of ether oxygens (including phenoxy) is 1. The van der Waals surface area contributed by atoms with Crippen LogP contribution in [0.5, 0.6) is 0 Å². The van der Waals surface area contributed by atoms with Gasteiger partial charge in [-0.2, -0.15) is 0 Å². The Morgan fingerprint density at radius 2 is 1.89 bits per heavy atom. The second-order valence-electron chi connectivity index (χ2n) is 4.40. The molecule has 1 rings (SSSR count). The van der Waals surface area contributed by atoms with Crippen LogP contribution < -0.4 is 0 Å². The number of amides is 1. The third-order valence-corrected chi connectivity index (χ3v) is 2.33. The minimum atomic E-state index is -0.833. The fraction of sp³-hybridized carbons (Fsp3) is 0.692. The SMILES string of the molecule is CC(=O)O.CN(C)C(=O)OC1/C=C/CCCCC1. The van der Waals surface area contributed by atoms with Crippen LogP contribution in [0.25, 0.3) is 0 Å². The van der Waals surface area contributed by atoms with E-state index in [4.69, 9.17) is 14.6 Å². The van der Waals surface area contributed by atoms with E-state index in [1.54, 1.807) is 14.1 Å². The summed E-state index contributed by atoms with van der Waals surface area (Å²) in [5.74, 6) is -0.833. The molecule has 5 nitrogen and oxygen atoms in total. The Balaban J connectivity index is 0.000000631. The van der Waals surface area contributed by atoms with Gasteiger partial charge in [-0.15, -0.1) is 0 Å². The molecular formula is C13H23NO4. The average Bonchev–Trinajstić information content (AvgIpc) is 2.20. The molecule has 1 atom stereocenters. The molecule has 1 amide bonds. The Morgan fingerprint density at radius 1 is 1.28 bits per heavy atom. The lowest BCUT2D eigenvalue weighted by atomic mass is 10.0. The number of hydrogen-bond acceptors (Lipinski definition) is 3. The van der Waals surface area contributed by atoms with Crippen molar-refractivity contribution in [2.75, 3.05) is 14.1 Å². The van der Waals surface area contributed by atoms with E-state index in [0.29, 0.717) is 0 Å². The normalized spacial score (nSPS) is 20.5. The largest absolute Gasteiger partial charge is 0.481 e. The molecule has 0 radical (unpaired) electrons. The van der Waals surface area contributed by atoms with Crippen LogP contribution in [0.3, 0.4) is 0 Å². The first kappa shape index (κ1) is 16.5. The molecule has 0 bridgehead atoms. The first-order valence-electron chi connectivity index (χ1n) is 6.17. The lowest BCUT2D eigenvalue weighted by Crippen LogP contribution is -2.27. The van der Waals surface area contributed by atoms with Crippen LogP contribution in [-0.2, 0) is 9.53 Å². The van der Waals surface area contributed by atoms with E-state index in [2.05, 4.69) is 6.08 Å². The second kappa shape index (κ2) is 9.50. The predicted octanol–water partition coefficient (Wildman–Crippen LogP) is 2.66. The van der Waals surface area contributed by atoms with Crippen molar-refractivity contribution in [2.24, 2.45) is 0 Å². The third-order valence-electron chi connectivity index (χ3n) is 2.33. The summed E-state index contributed by atoms with van der Waals surface area (Å²) < 4.78 is 5.29. The quantitative estimate of drug-likeness (QED) is 0.733. The zero-order valence-corrected chi connectivity index (χ0v) is 11.4. The van der Waals surface area contributed by atoms with Gasteiger partial charge in [-0.1, -0.05) is 12.5 Å². The molecule has 0 aliphatic heterocycles. The van der Waals surface area contributed by atoms with Crippen molar-refractivity contribution < 1.29 is 19.4 Å². The van der Waals surface area contributed by atoms with Gasteiger partial charge in [-0.25, -0.2) is 4.79 Å². The number of aliphatic carboxylic acids is 1. The maximum absolute atomic E-state index is 11.3. The van der Waals surface area contributed by atoms with Gasteiger partial charge < -0.3 is 14.7 Å². The molecule has 0 aromatic carbocycles. The van der Waals surface area contributed by atoms with Crippen molar-refractivity contribution in [2.45, 2.75) is 45.1 Å². The molecule has 0 fully saturated rings. The van der Waals surface area contributed by atoms with Crippen molar-refractivity contribution in [3.8, 4) is 0 Å². The summed E-state index contributed by atoms with van der Waals surface area (Å²) in [6.07, 6.45) is 9.56. The summed E-state index contributed by atoms with van der Waals surface area (Å²) in [5, 5.41) is 7.42. The van der Waals surface area contributed by atoms with Crippen molar-refractivity contribution in [3.63, 3.8) is 0 Å². The van der Waals surface area contributed by atoms with Crippen LogP contribution in [0.4, 0.5) is 4.79 Å². The minimum absolute atomic E-state index is 0.0230. The number of nitrogens with zero attached hydrogens (tertiary/aromatic N) is 1. The Bertz CT molecular complexity index is 283. The first-order chi connectivity index (χ1) is 8.43. The average molecular weight is 257 g/mol. The molecule has 0 heterocycles. The summed E-state index contributed by atoms with van der Waals surface area (Å²) in [7, 11) is 3.41. The molecule has 5 heteroatoms. The van der Waals surface area contributed by atoms with E-state index in [0.717, 1.165) is 26.2 Å². The fourth-order valence-electron chi connectivity index (χ4n) is 1.46. The molecule has 0 aromatic heterocycles. The van der Waals surface area contributed by atoms with Crippen molar-refractivity contribution in [3.05, 3.63) is 12.2 Å². The van der Waals surface area contributed by atoms with Gasteiger partial charge in [0, 0.05) is 21.0 Å². The molecule has 0 spiro atoms. The number of hydrogen-bond donors (Lipinski definition) is 1. The predicted molar refractivity (Wildman–Crippen MR) is 69.5 cm³/mol. The number of carbonyl (C=O) groups is 2. The van der Waals surface area contributed by atoms with Gasteiger partial charge in [-0.05, 0) is 31.8 Å². The third kappa shape index (κ3) is 9.69. The molecule has 0 saturated heterocycles. The van der Waals surface area contributed by atoms with Crippen LogP contribution in [0.15, 0.2) is 12.2 Å². The van der Waals surface area contributed by atoms with Crippen molar-refractivity contribution >= 4 is 12.1 Å². The highest BCUT2D eigenvalue weighted by Crippen LogP contribution is 2.14. The van der Waals surface area contributed by atoms with Gasteiger partial charge in [0.15, 0.2) is 0 Å². The van der Waals surface area contributed by atoms with Gasteiger partial charge >= 0.3 is 6.09 Å². The summed E-state index contributed by atoms with van der Waals surface area (Å²) >= 11 is 0. The maximum atomic E-state index is 11.3. The van der Waals surface area contributed by atoms with Gasteiger partial charge in [0.1, 0.15) is 6.10 Å². The summed E-state index contributed by atoms with van der Waals surface area (Å²) in [5.41, 5.74) is 0. The van der Waals surface area contributed by atoms with Crippen LogP contribution >= 0.6 is 0 Å². The number of allylic oxidation sites excluding steroid dienone is 1. The highest BCUT2D eigenvalue weighted by molar-refractivity contribution is 5.67. The lowest BCUT2D eigenvalue weighted by Gasteiger charge is -2.18. The zero-order chi connectivity index (χ0) is 14.0. The summed E-state index contributed by atoms with van der Waals surface area (Å²) in [6.45, 7) is 1.08. The summed E-state index contributed by atoms with van der Waals surface area (Å²) in [4.78, 5) is 21.7. The fourth-order valence-corrected chi connectivity index (χ4v) is 1.46. The zero-order valence-electron chi connectivity index (χ0n) is 11.4. The highest BCUT2D eigenvalue weighted by atomic mass is 16.6. The Kier molecular flexibility index (Phi) is 8.70. The minimum Gasteiger partial charge on any atom is -0.481 e. The number of carboxylic acids is 1. The van der Waals surface area contributed by atoms with Crippen LogP contribution in [0, 0.1) is 0 Å². The lowest BCUT2D eigenvalue weighted by molar-refractivity contribution is -0.134. The Labute approximate surface area is 108 Å². The smallest absolute Gasteiger partial charge is 0.409 e. The standard InChI is InChI=1S/C11H19NO2.C2H4O2/c1-12(2)11(13)14-10-8-6-4-3-5-7-9-10;1-2(3)4/h6,8,10H,3-5,7,9H2,1-2H3;1H3,(H,3,4)/b8-6+;. The van der Waals surface area contributed by atoms with Crippen LogP contribution in [0.2, 0.25) is 0 Å². The molecule has 1 aliphatic carbocycles. The van der Waals surface area contributed by atoms with E-state index in [9.17, 15) is 4.79 Å². The maximum Gasteiger partial charge on any atom is 0.409 e. The van der Waals surface area contributed by atoms with Crippen LogP contribution in [0.1, 0.15) is 39.0 Å². The highest BCUT2D eigenvalue weighted by Gasteiger charge is 2.13. The number of carboxylic acid groups (broad SMARTS) is 1. The van der Waals surface area contributed by atoms with E-state index >= 15 is 0 Å². The molecule has 0 saturated carbocycles. The molecule has 1 aliphatic rings. The first-order valence-corrected chi connectivity index (χ1v) is 6.17. The topological polar surface area (TPSA) is 66.8 Å². The molecule has 1 unspecified atom stereocenters. The Hall–Kier alpha value is -1.52. The number of rotatable bonds is 1. The molecule has 0 aromatic rings. The van der Waals surface area contributed by atoms with Crippen molar-refractivity contribution in [1.82, 2.24) is 4.90 Å². The van der Waals surface area contributed by atoms with E-state index < -0.39 is 5.97 Å². The number of carbonyl (C=O) groups excluding carboxylic acids is 1. The van der Waals surface area contributed by atoms with Gasteiger partial charge in [0.25, 0.3) is 5.97 Å². The Morgan fingerprint density at radius 3 is 2.44 bits per heavy atom. The summed E-state index contributed by atoms with van der Waals surface area (Å²) in [6, 6.07) is 0. The second-order valence-corrected chi connectivity index (χ2v) is 4.40. The van der Waals surface area contributed by atoms with Gasteiger partial charge in [0.05, 0.1) is 0 Å². The molecule has 1 N–H and O–H groups in total.